The van der Waals surface area contributed by atoms with E-state index in [1.54, 1.807) is 12.1 Å². The van der Waals surface area contributed by atoms with Crippen molar-refractivity contribution in [3.63, 3.8) is 0 Å². The van der Waals surface area contributed by atoms with E-state index >= 15 is 0 Å². The van der Waals surface area contributed by atoms with Gasteiger partial charge in [-0.1, -0.05) is 24.3 Å². The highest BCUT2D eigenvalue weighted by Gasteiger charge is 2.16. The Balaban J connectivity index is 2.54. The second-order valence-electron chi connectivity index (χ2n) is 3.70. The molecule has 0 radical (unpaired) electrons. The summed E-state index contributed by atoms with van der Waals surface area (Å²) in [6.07, 6.45) is 0. The molecule has 0 bridgehead atoms. The van der Waals surface area contributed by atoms with Crippen molar-refractivity contribution < 1.29 is 14.7 Å². The number of nitrogens with zero attached hydrogens (tertiary/aromatic N) is 1. The van der Waals surface area contributed by atoms with Gasteiger partial charge in [0.1, 0.15) is 5.75 Å². The maximum absolute atomic E-state index is 11.9. The zero-order chi connectivity index (χ0) is 12.4. The molecule has 4 nitrogen and oxygen atoms in total. The van der Waals surface area contributed by atoms with Crippen LogP contribution in [0.5, 0.6) is 5.75 Å². The second kappa shape index (κ2) is 4.43. The molecule has 0 heterocycles. The molecule has 0 spiro atoms. The maximum Gasteiger partial charge on any atom is 0.280 e. The van der Waals surface area contributed by atoms with Gasteiger partial charge in [-0.3, -0.25) is 9.63 Å². The summed E-state index contributed by atoms with van der Waals surface area (Å²) in [5.41, 5.74) is 0.230. The van der Waals surface area contributed by atoms with E-state index in [0.717, 1.165) is 15.8 Å². The number of phenolic OH excluding ortho intramolecular Hbond substituents is 1. The molecule has 1 N–H and O–H groups in total. The van der Waals surface area contributed by atoms with Gasteiger partial charge in [-0.2, -0.15) is 0 Å². The third kappa shape index (κ3) is 2.07. The number of carbonyl (C=O) groups is 1. The van der Waals surface area contributed by atoms with E-state index in [9.17, 15) is 9.90 Å². The van der Waals surface area contributed by atoms with Gasteiger partial charge in [0, 0.05) is 7.05 Å². The first-order valence-electron chi connectivity index (χ1n) is 5.17. The summed E-state index contributed by atoms with van der Waals surface area (Å²) in [4.78, 5) is 16.7. The third-order valence-electron chi connectivity index (χ3n) is 2.65. The predicted molar refractivity (Wildman–Crippen MR) is 64.7 cm³/mol. The van der Waals surface area contributed by atoms with E-state index in [-0.39, 0.29) is 17.2 Å². The fraction of sp³-hybridized carbons (Fsp3) is 0.154. The number of hydrogen-bond acceptors (Lipinski definition) is 3. The molecule has 0 aliphatic carbocycles. The molecule has 17 heavy (non-hydrogen) atoms. The highest BCUT2D eigenvalue weighted by Crippen LogP contribution is 2.25. The minimum Gasteiger partial charge on any atom is -0.507 e. The Labute approximate surface area is 99.0 Å². The number of fused-ring (bicyclic) bond motifs is 1. The second-order valence-corrected chi connectivity index (χ2v) is 3.70. The number of aromatic hydroxyl groups is 1. The van der Waals surface area contributed by atoms with Crippen LogP contribution in [0.1, 0.15) is 10.4 Å². The molecule has 88 valence electrons. The van der Waals surface area contributed by atoms with Crippen molar-refractivity contribution in [3.05, 3.63) is 42.0 Å². The largest absolute Gasteiger partial charge is 0.507 e. The molecule has 2 aromatic carbocycles. The van der Waals surface area contributed by atoms with Gasteiger partial charge in [0.25, 0.3) is 5.91 Å². The zero-order valence-electron chi connectivity index (χ0n) is 9.68. The average Bonchev–Trinajstić information content (AvgIpc) is 2.36. The molecule has 0 unspecified atom stereocenters. The first-order valence-corrected chi connectivity index (χ1v) is 5.17. The van der Waals surface area contributed by atoms with E-state index in [4.69, 9.17) is 4.84 Å². The van der Waals surface area contributed by atoms with Gasteiger partial charge in [-0.25, -0.2) is 5.06 Å². The molecule has 2 rings (SSSR count). The van der Waals surface area contributed by atoms with Gasteiger partial charge in [-0.15, -0.1) is 0 Å². The van der Waals surface area contributed by atoms with Crippen molar-refractivity contribution >= 4 is 16.7 Å². The van der Waals surface area contributed by atoms with Crippen molar-refractivity contribution in [2.45, 2.75) is 0 Å². The minimum absolute atomic E-state index is 0.0439. The van der Waals surface area contributed by atoms with Gasteiger partial charge in [0.2, 0.25) is 0 Å². The fourth-order valence-corrected chi connectivity index (χ4v) is 1.65. The van der Waals surface area contributed by atoms with Crippen molar-refractivity contribution in [2.24, 2.45) is 0 Å². The van der Waals surface area contributed by atoms with Crippen LogP contribution in [0.15, 0.2) is 36.4 Å². The number of phenols is 1. The van der Waals surface area contributed by atoms with Crippen LogP contribution in [-0.4, -0.2) is 30.2 Å². The SMILES string of the molecule is CON(C)C(=O)c1cc2ccccc2cc1O. The predicted octanol–water partition coefficient (Wildman–Crippen LogP) is 2.18. The van der Waals surface area contributed by atoms with E-state index in [2.05, 4.69) is 0 Å². The summed E-state index contributed by atoms with van der Waals surface area (Å²) < 4.78 is 0. The quantitative estimate of drug-likeness (QED) is 0.806. The minimum atomic E-state index is -0.379. The van der Waals surface area contributed by atoms with Crippen LogP contribution in [0.2, 0.25) is 0 Å². The molecule has 2 aromatic rings. The summed E-state index contributed by atoms with van der Waals surface area (Å²) in [5, 5.41) is 12.7. The molecular formula is C13H13NO3. The van der Waals surface area contributed by atoms with Gasteiger partial charge in [0.05, 0.1) is 12.7 Å². The van der Waals surface area contributed by atoms with Gasteiger partial charge in [-0.05, 0) is 22.9 Å². The monoisotopic (exact) mass is 231 g/mol. The van der Waals surface area contributed by atoms with Crippen LogP contribution in [0.25, 0.3) is 10.8 Å². The lowest BCUT2D eigenvalue weighted by Crippen LogP contribution is -2.25. The Kier molecular flexibility index (Phi) is 2.97. The molecule has 1 amide bonds. The summed E-state index contributed by atoms with van der Waals surface area (Å²) in [6.45, 7) is 0. The first kappa shape index (κ1) is 11.4. The Morgan fingerprint density at radius 2 is 1.82 bits per heavy atom. The lowest BCUT2D eigenvalue weighted by Gasteiger charge is -2.14. The molecular weight excluding hydrogens is 218 g/mol. The van der Waals surface area contributed by atoms with Gasteiger partial charge >= 0.3 is 0 Å². The van der Waals surface area contributed by atoms with Crippen molar-refractivity contribution in [3.8, 4) is 5.75 Å². The third-order valence-corrected chi connectivity index (χ3v) is 2.65. The highest BCUT2D eigenvalue weighted by molar-refractivity contribution is 6.00. The van der Waals surface area contributed by atoms with Gasteiger partial charge < -0.3 is 5.11 Å². The number of rotatable bonds is 2. The normalized spacial score (nSPS) is 10.5. The Bertz CT molecular complexity index is 566. The number of hydroxylamine groups is 2. The molecule has 0 saturated heterocycles. The van der Waals surface area contributed by atoms with E-state index < -0.39 is 0 Å². The van der Waals surface area contributed by atoms with E-state index in [1.807, 2.05) is 24.3 Å². The lowest BCUT2D eigenvalue weighted by atomic mass is 10.1. The van der Waals surface area contributed by atoms with Crippen molar-refractivity contribution in [2.75, 3.05) is 14.2 Å². The molecule has 0 aromatic heterocycles. The van der Waals surface area contributed by atoms with E-state index in [1.165, 1.54) is 14.2 Å². The van der Waals surface area contributed by atoms with Crippen LogP contribution in [-0.2, 0) is 4.84 Å². The zero-order valence-corrected chi connectivity index (χ0v) is 9.68. The molecule has 4 heteroatoms. The summed E-state index contributed by atoms with van der Waals surface area (Å²) in [6, 6.07) is 10.8. The van der Waals surface area contributed by atoms with Crippen molar-refractivity contribution in [1.29, 1.82) is 0 Å². The lowest BCUT2D eigenvalue weighted by molar-refractivity contribution is -0.0758. The van der Waals surface area contributed by atoms with Crippen LogP contribution in [0, 0.1) is 0 Å². The van der Waals surface area contributed by atoms with Crippen LogP contribution in [0.4, 0.5) is 0 Å². The fourth-order valence-electron chi connectivity index (χ4n) is 1.65. The summed E-state index contributed by atoms with van der Waals surface area (Å²) >= 11 is 0. The van der Waals surface area contributed by atoms with Gasteiger partial charge in [0.15, 0.2) is 0 Å². The van der Waals surface area contributed by atoms with Crippen molar-refractivity contribution in [1.82, 2.24) is 5.06 Å². The topological polar surface area (TPSA) is 49.8 Å². The standard InChI is InChI=1S/C13H13NO3/c1-14(17-2)13(16)11-7-9-5-3-4-6-10(9)8-12(11)15/h3-8,15H,1-2H3. The number of carbonyl (C=O) groups excluding carboxylic acids is 1. The number of amides is 1. The number of hydrogen-bond donors (Lipinski definition) is 1. The molecule has 0 aliphatic rings. The molecule has 0 atom stereocenters. The number of benzene rings is 2. The van der Waals surface area contributed by atoms with Crippen LogP contribution in [0.3, 0.4) is 0 Å². The molecule has 0 fully saturated rings. The summed E-state index contributed by atoms with van der Waals surface area (Å²) in [7, 11) is 2.90. The Morgan fingerprint density at radius 1 is 1.24 bits per heavy atom. The average molecular weight is 231 g/mol. The first-order chi connectivity index (χ1) is 8.13. The maximum atomic E-state index is 11.9. The molecule has 0 saturated carbocycles. The highest BCUT2D eigenvalue weighted by atomic mass is 16.7. The molecule has 0 aliphatic heterocycles. The summed E-state index contributed by atoms with van der Waals surface area (Å²) in [5.74, 6) is -0.423. The Morgan fingerprint density at radius 3 is 2.41 bits per heavy atom. The van der Waals surface area contributed by atoms with Crippen LogP contribution < -0.4 is 0 Å². The Hall–Kier alpha value is -2.07. The van der Waals surface area contributed by atoms with Crippen LogP contribution >= 0.6 is 0 Å². The smallest absolute Gasteiger partial charge is 0.280 e. The van der Waals surface area contributed by atoms with E-state index in [0.29, 0.717) is 0 Å².